The van der Waals surface area contributed by atoms with Gasteiger partial charge in [0.2, 0.25) is 0 Å². The Kier molecular flexibility index (Phi) is 4.89. The van der Waals surface area contributed by atoms with Crippen LogP contribution in [0.15, 0.2) is 24.3 Å². The van der Waals surface area contributed by atoms with E-state index in [9.17, 15) is 4.79 Å². The van der Waals surface area contributed by atoms with E-state index in [1.165, 1.54) is 0 Å². The smallest absolute Gasteiger partial charge is 0.269 e. The highest BCUT2D eigenvalue weighted by atomic mass is 16.2. The first kappa shape index (κ1) is 17.2. The summed E-state index contributed by atoms with van der Waals surface area (Å²) < 4.78 is 1.85. The zero-order chi connectivity index (χ0) is 18.0. The molecule has 1 aliphatic rings. The van der Waals surface area contributed by atoms with Crippen LogP contribution >= 0.6 is 0 Å². The molecule has 1 N–H and O–H groups in total. The first-order valence-corrected chi connectivity index (χ1v) is 8.98. The summed E-state index contributed by atoms with van der Waals surface area (Å²) in [5, 5.41) is 16.8. The van der Waals surface area contributed by atoms with Gasteiger partial charge in [-0.05, 0) is 51.2 Å². The average Bonchev–Trinajstić information content (AvgIpc) is 3.38. The molecule has 2 aromatic rings. The summed E-state index contributed by atoms with van der Waals surface area (Å²) in [6, 6.07) is 9.69. The zero-order valence-corrected chi connectivity index (χ0v) is 15.0. The predicted octanol–water partition coefficient (Wildman–Crippen LogP) is 4.02. The second-order valence-electron chi connectivity index (χ2n) is 6.87. The third kappa shape index (κ3) is 3.43. The van der Waals surface area contributed by atoms with Crippen LogP contribution in [0.2, 0.25) is 0 Å². The minimum Gasteiger partial charge on any atom is -0.351 e. The van der Waals surface area contributed by atoms with Crippen LogP contribution in [0.3, 0.4) is 0 Å². The van der Waals surface area contributed by atoms with Crippen molar-refractivity contribution >= 4 is 5.91 Å². The van der Waals surface area contributed by atoms with E-state index in [2.05, 4.69) is 11.4 Å². The molecule has 5 heteroatoms. The molecule has 1 fully saturated rings. The Balaban J connectivity index is 2.12. The Labute approximate surface area is 148 Å². The molecular formula is C20H24N4O. The molecule has 5 nitrogen and oxygen atoms in total. The van der Waals surface area contributed by atoms with Gasteiger partial charge in [-0.2, -0.15) is 10.4 Å². The Morgan fingerprint density at radius 2 is 2.04 bits per heavy atom. The van der Waals surface area contributed by atoms with Crippen molar-refractivity contribution < 1.29 is 4.79 Å². The zero-order valence-electron chi connectivity index (χ0n) is 15.0. The van der Waals surface area contributed by atoms with Gasteiger partial charge in [0.05, 0.1) is 17.3 Å². The molecule has 1 aliphatic carbocycles. The van der Waals surface area contributed by atoms with E-state index >= 15 is 0 Å². The van der Waals surface area contributed by atoms with Crippen molar-refractivity contribution in [2.45, 2.75) is 52.0 Å². The third-order valence-electron chi connectivity index (χ3n) is 4.46. The van der Waals surface area contributed by atoms with E-state index in [1.54, 1.807) is 12.1 Å². The monoisotopic (exact) mass is 336 g/mol. The molecule has 0 spiro atoms. The van der Waals surface area contributed by atoms with Crippen molar-refractivity contribution in [2.75, 3.05) is 6.54 Å². The normalized spacial score (nSPS) is 13.7. The van der Waals surface area contributed by atoms with Gasteiger partial charge in [-0.1, -0.05) is 19.1 Å². The molecule has 0 saturated heterocycles. The van der Waals surface area contributed by atoms with Crippen molar-refractivity contribution in [2.24, 2.45) is 0 Å². The van der Waals surface area contributed by atoms with Gasteiger partial charge in [0.15, 0.2) is 0 Å². The average molecular weight is 336 g/mol. The summed E-state index contributed by atoms with van der Waals surface area (Å²) in [4.78, 5) is 12.8. The van der Waals surface area contributed by atoms with Crippen molar-refractivity contribution in [3.63, 3.8) is 0 Å². The van der Waals surface area contributed by atoms with Crippen LogP contribution in [0.4, 0.5) is 0 Å². The number of benzene rings is 1. The van der Waals surface area contributed by atoms with Gasteiger partial charge in [-0.15, -0.1) is 0 Å². The standard InChI is InChI=1S/C20H24N4O/c1-4-11-22-20(25)19-17(15-9-10-15)18(23-24(19)13(2)3)16-7-5-14(12-21)6-8-16/h5-8,13,15H,4,9-11H2,1-3H3,(H,22,25). The fraction of sp³-hybridized carbons (Fsp3) is 0.450. The number of carbonyl (C=O) groups is 1. The van der Waals surface area contributed by atoms with Crippen LogP contribution < -0.4 is 5.32 Å². The van der Waals surface area contributed by atoms with Gasteiger partial charge in [-0.3, -0.25) is 9.48 Å². The van der Waals surface area contributed by atoms with E-state index in [0.717, 1.165) is 36.1 Å². The van der Waals surface area contributed by atoms with Gasteiger partial charge >= 0.3 is 0 Å². The predicted molar refractivity (Wildman–Crippen MR) is 97.4 cm³/mol. The molecule has 1 aromatic carbocycles. The van der Waals surface area contributed by atoms with E-state index in [1.807, 2.05) is 37.6 Å². The molecule has 0 aliphatic heterocycles. The van der Waals surface area contributed by atoms with Crippen molar-refractivity contribution in [1.82, 2.24) is 15.1 Å². The first-order chi connectivity index (χ1) is 12.1. The molecule has 1 aromatic heterocycles. The number of nitrogens with one attached hydrogen (secondary N) is 1. The molecule has 3 rings (SSSR count). The highest BCUT2D eigenvalue weighted by Crippen LogP contribution is 2.46. The lowest BCUT2D eigenvalue weighted by Crippen LogP contribution is -2.28. The minimum absolute atomic E-state index is 0.0372. The maximum absolute atomic E-state index is 12.8. The summed E-state index contributed by atoms with van der Waals surface area (Å²) >= 11 is 0. The number of nitrogens with zero attached hydrogens (tertiary/aromatic N) is 3. The highest BCUT2D eigenvalue weighted by molar-refractivity contribution is 5.96. The molecule has 25 heavy (non-hydrogen) atoms. The van der Waals surface area contributed by atoms with E-state index in [0.29, 0.717) is 23.7 Å². The molecule has 1 heterocycles. The number of carbonyl (C=O) groups excluding carboxylic acids is 1. The SMILES string of the molecule is CCCNC(=O)c1c(C2CC2)c(-c2ccc(C#N)cc2)nn1C(C)C. The summed E-state index contributed by atoms with van der Waals surface area (Å²) in [6.45, 7) is 6.80. The van der Waals surface area contributed by atoms with Crippen LogP contribution in [-0.2, 0) is 0 Å². The molecule has 0 radical (unpaired) electrons. The van der Waals surface area contributed by atoms with E-state index < -0.39 is 0 Å². The highest BCUT2D eigenvalue weighted by Gasteiger charge is 2.35. The number of hydrogen-bond acceptors (Lipinski definition) is 3. The van der Waals surface area contributed by atoms with Gasteiger partial charge in [-0.25, -0.2) is 0 Å². The number of hydrogen-bond donors (Lipinski definition) is 1. The fourth-order valence-electron chi connectivity index (χ4n) is 3.04. The molecule has 130 valence electrons. The lowest BCUT2D eigenvalue weighted by Gasteiger charge is -2.12. The van der Waals surface area contributed by atoms with Crippen molar-refractivity contribution in [1.29, 1.82) is 5.26 Å². The van der Waals surface area contributed by atoms with Crippen molar-refractivity contribution in [3.8, 4) is 17.3 Å². The van der Waals surface area contributed by atoms with Crippen molar-refractivity contribution in [3.05, 3.63) is 41.1 Å². The summed E-state index contributed by atoms with van der Waals surface area (Å²) in [5.41, 5.74) is 4.23. The molecule has 0 bridgehead atoms. The van der Waals surface area contributed by atoms with Crippen LogP contribution in [0.5, 0.6) is 0 Å². The fourth-order valence-corrected chi connectivity index (χ4v) is 3.04. The van der Waals surface area contributed by atoms with Crippen LogP contribution in [0, 0.1) is 11.3 Å². The number of nitriles is 1. The lowest BCUT2D eigenvalue weighted by molar-refractivity contribution is 0.0940. The lowest BCUT2D eigenvalue weighted by atomic mass is 10.0. The summed E-state index contributed by atoms with van der Waals surface area (Å²) in [6.07, 6.45) is 3.10. The van der Waals surface area contributed by atoms with Gasteiger partial charge in [0.1, 0.15) is 5.69 Å². The second kappa shape index (κ2) is 7.10. The quantitative estimate of drug-likeness (QED) is 0.866. The largest absolute Gasteiger partial charge is 0.351 e. The first-order valence-electron chi connectivity index (χ1n) is 8.98. The maximum atomic E-state index is 12.8. The minimum atomic E-state index is -0.0372. The van der Waals surface area contributed by atoms with E-state index in [-0.39, 0.29) is 11.9 Å². The van der Waals surface area contributed by atoms with Gasteiger partial charge < -0.3 is 5.32 Å². The van der Waals surface area contributed by atoms with Crippen LogP contribution in [0.1, 0.15) is 73.6 Å². The second-order valence-corrected chi connectivity index (χ2v) is 6.87. The number of amides is 1. The van der Waals surface area contributed by atoms with E-state index in [4.69, 9.17) is 10.4 Å². The van der Waals surface area contributed by atoms with Gasteiger partial charge in [0.25, 0.3) is 5.91 Å². The molecule has 1 amide bonds. The Morgan fingerprint density at radius 3 is 2.56 bits per heavy atom. The molecule has 0 unspecified atom stereocenters. The van der Waals surface area contributed by atoms with Crippen LogP contribution in [-0.4, -0.2) is 22.2 Å². The van der Waals surface area contributed by atoms with Gasteiger partial charge in [0, 0.05) is 23.7 Å². The Bertz CT molecular complexity index is 807. The topological polar surface area (TPSA) is 70.7 Å². The molecule has 1 saturated carbocycles. The third-order valence-corrected chi connectivity index (χ3v) is 4.46. The molecule has 0 atom stereocenters. The molecular weight excluding hydrogens is 312 g/mol. The summed E-state index contributed by atoms with van der Waals surface area (Å²) in [7, 11) is 0. The number of rotatable bonds is 6. The maximum Gasteiger partial charge on any atom is 0.269 e. The Hall–Kier alpha value is -2.61. The Morgan fingerprint density at radius 1 is 1.36 bits per heavy atom. The number of aromatic nitrogens is 2. The summed E-state index contributed by atoms with van der Waals surface area (Å²) in [5.74, 6) is 0.366. The van der Waals surface area contributed by atoms with Crippen LogP contribution in [0.25, 0.3) is 11.3 Å².